The summed E-state index contributed by atoms with van der Waals surface area (Å²) >= 11 is 6.14. The number of carbonyl (C=O) groups is 1. The first-order chi connectivity index (χ1) is 14.6. The second-order valence-corrected chi connectivity index (χ2v) is 8.23. The summed E-state index contributed by atoms with van der Waals surface area (Å²) in [4.78, 5) is 23.0. The van der Waals surface area contributed by atoms with Crippen LogP contribution in [0.2, 0.25) is 5.02 Å². The van der Waals surface area contributed by atoms with Crippen molar-refractivity contribution in [1.29, 1.82) is 0 Å². The van der Waals surface area contributed by atoms with E-state index in [-0.39, 0.29) is 5.91 Å². The molecule has 1 aliphatic rings. The summed E-state index contributed by atoms with van der Waals surface area (Å²) < 4.78 is 0. The number of likely N-dealkylation sites (tertiary alicyclic amines) is 1. The Morgan fingerprint density at radius 3 is 2.80 bits per heavy atom. The molecule has 5 nitrogen and oxygen atoms in total. The number of aromatic nitrogens is 2. The van der Waals surface area contributed by atoms with Crippen LogP contribution in [0.15, 0.2) is 60.9 Å². The molecule has 0 saturated carbocycles. The number of halogens is 1. The van der Waals surface area contributed by atoms with E-state index in [0.717, 1.165) is 55.1 Å². The highest BCUT2D eigenvalue weighted by atomic mass is 35.5. The minimum Gasteiger partial charge on any atom is -0.326 e. The molecule has 0 unspecified atom stereocenters. The highest BCUT2D eigenvalue weighted by Gasteiger charge is 2.23. The maximum Gasteiger partial charge on any atom is 0.221 e. The van der Waals surface area contributed by atoms with Crippen LogP contribution in [0.3, 0.4) is 0 Å². The van der Waals surface area contributed by atoms with Gasteiger partial charge >= 0.3 is 0 Å². The van der Waals surface area contributed by atoms with Crippen molar-refractivity contribution in [3.8, 4) is 11.3 Å². The lowest BCUT2D eigenvalue weighted by Crippen LogP contribution is -2.34. The Hall–Kier alpha value is -2.76. The molecule has 0 spiro atoms. The maximum atomic E-state index is 11.2. The predicted octanol–water partition coefficient (Wildman–Crippen LogP) is 5.14. The number of piperidine rings is 1. The summed E-state index contributed by atoms with van der Waals surface area (Å²) in [7, 11) is 0. The number of nitrogens with zero attached hydrogens (tertiary/aromatic N) is 3. The Labute approximate surface area is 182 Å². The molecule has 4 rings (SSSR count). The van der Waals surface area contributed by atoms with E-state index in [1.807, 2.05) is 42.6 Å². The lowest BCUT2D eigenvalue weighted by atomic mass is 9.94. The SMILES string of the molecule is CC(=O)Nc1ccc(CN2CCC[C@@H](c3cncc(-c4cccc(Cl)c4)n3)C2)cc1. The molecular weight excluding hydrogens is 396 g/mol. The molecule has 1 atom stereocenters. The Morgan fingerprint density at radius 2 is 2.03 bits per heavy atom. The molecule has 6 heteroatoms. The van der Waals surface area contributed by atoms with Crippen molar-refractivity contribution in [1.82, 2.24) is 14.9 Å². The van der Waals surface area contributed by atoms with Crippen molar-refractivity contribution in [3.05, 3.63) is 77.2 Å². The Balaban J connectivity index is 1.44. The van der Waals surface area contributed by atoms with E-state index in [9.17, 15) is 4.79 Å². The quantitative estimate of drug-likeness (QED) is 0.621. The van der Waals surface area contributed by atoms with Gasteiger partial charge in [-0.1, -0.05) is 35.9 Å². The van der Waals surface area contributed by atoms with Gasteiger partial charge in [-0.05, 0) is 49.2 Å². The van der Waals surface area contributed by atoms with Crippen LogP contribution in [-0.4, -0.2) is 33.9 Å². The summed E-state index contributed by atoms with van der Waals surface area (Å²) in [5.41, 5.74) is 4.96. The third kappa shape index (κ3) is 5.23. The number of carbonyl (C=O) groups excluding carboxylic acids is 1. The number of benzene rings is 2. The normalized spacial score (nSPS) is 16.9. The van der Waals surface area contributed by atoms with Gasteiger partial charge in [-0.2, -0.15) is 0 Å². The molecule has 1 aliphatic heterocycles. The number of anilines is 1. The van der Waals surface area contributed by atoms with Crippen LogP contribution >= 0.6 is 11.6 Å². The van der Waals surface area contributed by atoms with Crippen LogP contribution in [0.25, 0.3) is 11.3 Å². The van der Waals surface area contributed by atoms with Gasteiger partial charge < -0.3 is 5.32 Å². The lowest BCUT2D eigenvalue weighted by Gasteiger charge is -2.32. The third-order valence-corrected chi connectivity index (χ3v) is 5.61. The fourth-order valence-electron chi connectivity index (χ4n) is 3.96. The number of hydrogen-bond donors (Lipinski definition) is 1. The second-order valence-electron chi connectivity index (χ2n) is 7.79. The highest BCUT2D eigenvalue weighted by Crippen LogP contribution is 2.28. The summed E-state index contributed by atoms with van der Waals surface area (Å²) in [6.45, 7) is 4.44. The van der Waals surface area contributed by atoms with Gasteiger partial charge in [-0.25, -0.2) is 4.98 Å². The van der Waals surface area contributed by atoms with Crippen LogP contribution in [0.4, 0.5) is 5.69 Å². The van der Waals surface area contributed by atoms with Crippen LogP contribution in [0.1, 0.15) is 36.9 Å². The molecule has 2 aromatic carbocycles. The number of hydrogen-bond acceptors (Lipinski definition) is 4. The molecule has 1 N–H and O–H groups in total. The van der Waals surface area contributed by atoms with Gasteiger partial charge in [0.05, 0.1) is 17.6 Å². The first-order valence-electron chi connectivity index (χ1n) is 10.2. The van der Waals surface area contributed by atoms with Crippen LogP contribution < -0.4 is 5.32 Å². The molecule has 30 heavy (non-hydrogen) atoms. The molecule has 0 bridgehead atoms. The van der Waals surface area contributed by atoms with Gasteiger partial charge in [0.1, 0.15) is 0 Å². The van der Waals surface area contributed by atoms with Gasteiger partial charge in [0.2, 0.25) is 5.91 Å². The van der Waals surface area contributed by atoms with E-state index >= 15 is 0 Å². The van der Waals surface area contributed by atoms with Gasteiger partial charge in [0, 0.05) is 48.4 Å². The van der Waals surface area contributed by atoms with E-state index in [2.05, 4.69) is 27.3 Å². The topological polar surface area (TPSA) is 58.1 Å². The predicted molar refractivity (Wildman–Crippen MR) is 120 cm³/mol. The molecule has 0 radical (unpaired) electrons. The van der Waals surface area contributed by atoms with Crippen molar-refractivity contribution in [3.63, 3.8) is 0 Å². The summed E-state index contributed by atoms with van der Waals surface area (Å²) in [6.07, 6.45) is 5.94. The largest absolute Gasteiger partial charge is 0.326 e. The van der Waals surface area contributed by atoms with Crippen molar-refractivity contribution in [2.45, 2.75) is 32.2 Å². The Kier molecular flexibility index (Phi) is 6.41. The molecule has 3 aromatic rings. The monoisotopic (exact) mass is 420 g/mol. The van der Waals surface area contributed by atoms with Crippen LogP contribution in [0, 0.1) is 0 Å². The van der Waals surface area contributed by atoms with Crippen LogP contribution in [-0.2, 0) is 11.3 Å². The summed E-state index contributed by atoms with van der Waals surface area (Å²) in [5.74, 6) is 0.312. The molecule has 1 aromatic heterocycles. The minimum atomic E-state index is -0.0530. The average molecular weight is 421 g/mol. The molecular formula is C24H25ClN4O. The Bertz CT molecular complexity index is 1020. The lowest BCUT2D eigenvalue weighted by molar-refractivity contribution is -0.114. The first kappa shape index (κ1) is 20.5. The van der Waals surface area contributed by atoms with Gasteiger partial charge in [0.15, 0.2) is 0 Å². The molecule has 1 saturated heterocycles. The summed E-state index contributed by atoms with van der Waals surface area (Å²) in [5, 5.41) is 3.51. The van der Waals surface area contributed by atoms with Crippen molar-refractivity contribution >= 4 is 23.2 Å². The smallest absolute Gasteiger partial charge is 0.221 e. The van der Waals surface area contributed by atoms with Crippen molar-refractivity contribution in [2.75, 3.05) is 18.4 Å². The van der Waals surface area contributed by atoms with E-state index in [1.165, 1.54) is 12.5 Å². The number of amides is 1. The zero-order chi connectivity index (χ0) is 20.9. The van der Waals surface area contributed by atoms with Gasteiger partial charge in [0.25, 0.3) is 0 Å². The first-order valence-corrected chi connectivity index (χ1v) is 10.6. The second kappa shape index (κ2) is 9.37. The standard InChI is InChI=1S/C24H25ClN4O/c1-17(30)27-22-9-7-18(8-10-22)15-29-11-3-5-20(16-29)24-14-26-13-23(28-24)19-4-2-6-21(25)12-19/h2,4,6-10,12-14,20H,3,5,11,15-16H2,1H3,(H,27,30)/t20-/m1/s1. The highest BCUT2D eigenvalue weighted by molar-refractivity contribution is 6.30. The molecule has 154 valence electrons. The third-order valence-electron chi connectivity index (χ3n) is 5.38. The zero-order valence-electron chi connectivity index (χ0n) is 17.0. The van der Waals surface area contributed by atoms with Gasteiger partial charge in [-0.15, -0.1) is 0 Å². The van der Waals surface area contributed by atoms with Gasteiger partial charge in [-0.3, -0.25) is 14.7 Å². The minimum absolute atomic E-state index is 0.0530. The fourth-order valence-corrected chi connectivity index (χ4v) is 4.15. The molecule has 1 fully saturated rings. The molecule has 1 amide bonds. The maximum absolute atomic E-state index is 11.2. The van der Waals surface area contributed by atoms with E-state index in [1.54, 1.807) is 6.20 Å². The molecule has 0 aliphatic carbocycles. The number of nitrogens with one attached hydrogen (secondary N) is 1. The fraction of sp³-hybridized carbons (Fsp3) is 0.292. The van der Waals surface area contributed by atoms with E-state index in [0.29, 0.717) is 10.9 Å². The van der Waals surface area contributed by atoms with Crippen molar-refractivity contribution in [2.24, 2.45) is 0 Å². The Morgan fingerprint density at radius 1 is 1.20 bits per heavy atom. The van der Waals surface area contributed by atoms with E-state index in [4.69, 9.17) is 16.6 Å². The average Bonchev–Trinajstić information content (AvgIpc) is 2.75. The molecule has 2 heterocycles. The summed E-state index contributed by atoms with van der Waals surface area (Å²) in [6, 6.07) is 15.8. The number of rotatable bonds is 5. The zero-order valence-corrected chi connectivity index (χ0v) is 17.8. The van der Waals surface area contributed by atoms with Crippen molar-refractivity contribution < 1.29 is 4.79 Å². The van der Waals surface area contributed by atoms with E-state index < -0.39 is 0 Å². The van der Waals surface area contributed by atoms with Crippen LogP contribution in [0.5, 0.6) is 0 Å².